The van der Waals surface area contributed by atoms with E-state index in [2.05, 4.69) is 10.3 Å². The Kier molecular flexibility index (Phi) is 4.05. The third-order valence-electron chi connectivity index (χ3n) is 1.99. The first-order valence-corrected chi connectivity index (χ1v) is 4.83. The standard InChI is InChI=1S/C10H15N3O2/c1-7(5-6-11)12-10(15)8-3-2-4-9(14)13-8/h2-4,7H,5-6,11H2,1H3,(H,12,15)(H,13,14). The van der Waals surface area contributed by atoms with E-state index in [-0.39, 0.29) is 23.2 Å². The van der Waals surface area contributed by atoms with Crippen molar-refractivity contribution in [3.8, 4) is 0 Å². The van der Waals surface area contributed by atoms with Crippen LogP contribution in [0.1, 0.15) is 23.8 Å². The lowest BCUT2D eigenvalue weighted by molar-refractivity contribution is 0.0933. The molecule has 0 spiro atoms. The smallest absolute Gasteiger partial charge is 0.268 e. The molecule has 82 valence electrons. The Balaban J connectivity index is 2.65. The Morgan fingerprint density at radius 1 is 1.60 bits per heavy atom. The number of amides is 1. The van der Waals surface area contributed by atoms with Crippen LogP contribution < -0.4 is 16.6 Å². The molecule has 15 heavy (non-hydrogen) atoms. The molecule has 1 rings (SSSR count). The van der Waals surface area contributed by atoms with Gasteiger partial charge in [0.25, 0.3) is 5.91 Å². The number of rotatable bonds is 4. The lowest BCUT2D eigenvalue weighted by Gasteiger charge is -2.12. The molecule has 1 amide bonds. The van der Waals surface area contributed by atoms with Crippen molar-refractivity contribution in [1.29, 1.82) is 0 Å². The third kappa shape index (κ3) is 3.55. The molecule has 0 saturated heterocycles. The van der Waals surface area contributed by atoms with Crippen LogP contribution in [0.25, 0.3) is 0 Å². The Bertz CT molecular complexity index is 386. The highest BCUT2D eigenvalue weighted by Gasteiger charge is 2.09. The summed E-state index contributed by atoms with van der Waals surface area (Å²) in [7, 11) is 0. The van der Waals surface area contributed by atoms with E-state index in [9.17, 15) is 9.59 Å². The van der Waals surface area contributed by atoms with Gasteiger partial charge in [0.15, 0.2) is 0 Å². The normalized spacial score (nSPS) is 12.1. The topological polar surface area (TPSA) is 88.0 Å². The van der Waals surface area contributed by atoms with Crippen molar-refractivity contribution in [3.63, 3.8) is 0 Å². The molecule has 1 unspecified atom stereocenters. The van der Waals surface area contributed by atoms with Crippen molar-refractivity contribution < 1.29 is 4.79 Å². The van der Waals surface area contributed by atoms with Crippen molar-refractivity contribution >= 4 is 5.91 Å². The number of aromatic nitrogens is 1. The van der Waals surface area contributed by atoms with Gasteiger partial charge >= 0.3 is 0 Å². The molecule has 4 N–H and O–H groups in total. The van der Waals surface area contributed by atoms with Crippen molar-refractivity contribution in [2.75, 3.05) is 6.54 Å². The van der Waals surface area contributed by atoms with Gasteiger partial charge in [-0.15, -0.1) is 0 Å². The van der Waals surface area contributed by atoms with Crippen molar-refractivity contribution in [2.24, 2.45) is 5.73 Å². The lowest BCUT2D eigenvalue weighted by atomic mass is 10.2. The van der Waals surface area contributed by atoms with Crippen LogP contribution in [0.5, 0.6) is 0 Å². The van der Waals surface area contributed by atoms with E-state index < -0.39 is 0 Å². The average Bonchev–Trinajstić information content (AvgIpc) is 2.18. The van der Waals surface area contributed by atoms with Gasteiger partial charge in [-0.2, -0.15) is 0 Å². The van der Waals surface area contributed by atoms with Gasteiger partial charge < -0.3 is 16.0 Å². The van der Waals surface area contributed by atoms with Gasteiger partial charge in [-0.05, 0) is 26.0 Å². The highest BCUT2D eigenvalue weighted by Crippen LogP contribution is 1.93. The van der Waals surface area contributed by atoms with Gasteiger partial charge in [0.1, 0.15) is 5.69 Å². The van der Waals surface area contributed by atoms with Crippen LogP contribution in [0, 0.1) is 0 Å². The van der Waals surface area contributed by atoms with Gasteiger partial charge in [-0.25, -0.2) is 0 Å². The summed E-state index contributed by atoms with van der Waals surface area (Å²) in [5.41, 5.74) is 5.35. The van der Waals surface area contributed by atoms with Crippen molar-refractivity contribution in [3.05, 3.63) is 34.2 Å². The van der Waals surface area contributed by atoms with E-state index in [0.29, 0.717) is 13.0 Å². The summed E-state index contributed by atoms with van der Waals surface area (Å²) in [6.45, 7) is 2.39. The zero-order valence-electron chi connectivity index (χ0n) is 8.62. The fourth-order valence-electron chi connectivity index (χ4n) is 1.20. The number of aromatic amines is 1. The van der Waals surface area contributed by atoms with Crippen molar-refractivity contribution in [2.45, 2.75) is 19.4 Å². The van der Waals surface area contributed by atoms with E-state index in [1.807, 2.05) is 6.92 Å². The molecule has 0 aromatic carbocycles. The zero-order chi connectivity index (χ0) is 11.3. The number of H-pyrrole nitrogens is 1. The van der Waals surface area contributed by atoms with Crippen LogP contribution in [0.3, 0.4) is 0 Å². The van der Waals surface area contributed by atoms with Crippen LogP contribution in [-0.4, -0.2) is 23.5 Å². The minimum absolute atomic E-state index is 0.00575. The highest BCUT2D eigenvalue weighted by atomic mass is 16.2. The first-order chi connectivity index (χ1) is 7.13. The first kappa shape index (κ1) is 11.5. The molecule has 1 aromatic heterocycles. The second-order valence-corrected chi connectivity index (χ2v) is 3.38. The van der Waals surface area contributed by atoms with Crippen LogP contribution in [0.15, 0.2) is 23.0 Å². The van der Waals surface area contributed by atoms with Gasteiger partial charge in [-0.1, -0.05) is 6.07 Å². The fraction of sp³-hybridized carbons (Fsp3) is 0.400. The number of nitrogens with one attached hydrogen (secondary N) is 2. The Labute approximate surface area is 87.7 Å². The zero-order valence-corrected chi connectivity index (χ0v) is 8.62. The summed E-state index contributed by atoms with van der Waals surface area (Å²) >= 11 is 0. The van der Waals surface area contributed by atoms with Crippen LogP contribution in [0.2, 0.25) is 0 Å². The SMILES string of the molecule is CC(CCN)NC(=O)c1cccc(=O)[nH]1. The molecular formula is C10H15N3O2. The van der Waals surface area contributed by atoms with Gasteiger partial charge in [0.2, 0.25) is 5.56 Å². The maximum absolute atomic E-state index is 11.6. The molecule has 0 saturated carbocycles. The average molecular weight is 209 g/mol. The molecule has 0 bridgehead atoms. The second kappa shape index (κ2) is 5.31. The predicted octanol–water partition coefficient (Wildman–Crippen LogP) is -0.158. The number of carbonyl (C=O) groups is 1. The predicted molar refractivity (Wildman–Crippen MR) is 57.7 cm³/mol. The minimum Gasteiger partial charge on any atom is -0.348 e. The molecule has 5 nitrogen and oxygen atoms in total. The Hall–Kier alpha value is -1.62. The summed E-state index contributed by atoms with van der Waals surface area (Å²) in [6.07, 6.45) is 0.711. The summed E-state index contributed by atoms with van der Waals surface area (Å²) in [5, 5.41) is 2.74. The molecule has 1 atom stereocenters. The number of carbonyl (C=O) groups excluding carboxylic acids is 1. The Morgan fingerprint density at radius 2 is 2.33 bits per heavy atom. The van der Waals surface area contributed by atoms with E-state index >= 15 is 0 Å². The maximum Gasteiger partial charge on any atom is 0.268 e. The molecule has 0 fully saturated rings. The Morgan fingerprint density at radius 3 is 2.93 bits per heavy atom. The quantitative estimate of drug-likeness (QED) is 0.644. The number of hydrogen-bond acceptors (Lipinski definition) is 3. The molecule has 1 aromatic rings. The number of nitrogens with two attached hydrogens (primary N) is 1. The van der Waals surface area contributed by atoms with Crippen LogP contribution in [0.4, 0.5) is 0 Å². The minimum atomic E-state index is -0.284. The molecule has 0 aliphatic heterocycles. The van der Waals surface area contributed by atoms with Crippen molar-refractivity contribution in [1.82, 2.24) is 10.3 Å². The fourth-order valence-corrected chi connectivity index (χ4v) is 1.20. The van der Waals surface area contributed by atoms with Gasteiger partial charge in [0, 0.05) is 12.1 Å². The summed E-state index contributed by atoms with van der Waals surface area (Å²) in [4.78, 5) is 25.0. The monoisotopic (exact) mass is 209 g/mol. The summed E-state index contributed by atoms with van der Waals surface area (Å²) in [6, 6.07) is 4.47. The van der Waals surface area contributed by atoms with Gasteiger partial charge in [-0.3, -0.25) is 9.59 Å². The summed E-state index contributed by atoms with van der Waals surface area (Å²) in [5.74, 6) is -0.284. The third-order valence-corrected chi connectivity index (χ3v) is 1.99. The van der Waals surface area contributed by atoms with E-state index in [1.165, 1.54) is 6.07 Å². The molecule has 5 heteroatoms. The van der Waals surface area contributed by atoms with E-state index in [0.717, 1.165) is 0 Å². The van der Waals surface area contributed by atoms with Crippen LogP contribution >= 0.6 is 0 Å². The molecule has 1 heterocycles. The largest absolute Gasteiger partial charge is 0.348 e. The highest BCUT2D eigenvalue weighted by molar-refractivity contribution is 5.92. The van der Waals surface area contributed by atoms with Crippen LogP contribution in [-0.2, 0) is 0 Å². The maximum atomic E-state index is 11.6. The number of hydrogen-bond donors (Lipinski definition) is 3. The first-order valence-electron chi connectivity index (χ1n) is 4.83. The molecule has 0 radical (unpaired) electrons. The second-order valence-electron chi connectivity index (χ2n) is 3.38. The molecule has 0 aliphatic rings. The molecular weight excluding hydrogens is 194 g/mol. The summed E-state index contributed by atoms with van der Waals surface area (Å²) < 4.78 is 0. The van der Waals surface area contributed by atoms with E-state index in [1.54, 1.807) is 12.1 Å². The molecule has 0 aliphatic carbocycles. The van der Waals surface area contributed by atoms with Gasteiger partial charge in [0.05, 0.1) is 0 Å². The van der Waals surface area contributed by atoms with E-state index in [4.69, 9.17) is 5.73 Å². The number of pyridine rings is 1. The lowest BCUT2D eigenvalue weighted by Crippen LogP contribution is -2.35.